The van der Waals surface area contributed by atoms with Crippen LogP contribution in [0.4, 0.5) is 0 Å². The summed E-state index contributed by atoms with van der Waals surface area (Å²) in [6.07, 6.45) is 0. The summed E-state index contributed by atoms with van der Waals surface area (Å²) in [6.45, 7) is 12.5. The molecule has 114 valence electrons. The maximum atomic E-state index is 10.7. The van der Waals surface area contributed by atoms with Crippen LogP contribution in [0.15, 0.2) is 0 Å². The number of carbonyl (C=O) groups excluding carboxylic acids is 1. The van der Waals surface area contributed by atoms with E-state index in [1.165, 1.54) is 6.92 Å². The Balaban J connectivity index is 4.35. The van der Waals surface area contributed by atoms with Crippen molar-refractivity contribution >= 4 is 23.3 Å². The Hall–Kier alpha value is -0.256. The molecule has 1 unspecified atom stereocenters. The van der Waals surface area contributed by atoms with Gasteiger partial charge in [-0.05, 0) is 26.9 Å². The first-order chi connectivity index (χ1) is 8.74. The minimum atomic E-state index is -2.75. The summed E-state index contributed by atoms with van der Waals surface area (Å²) in [4.78, 5) is 10.7. The van der Waals surface area contributed by atoms with E-state index >= 15 is 0 Å². The molecule has 0 amide bonds. The predicted octanol–water partition coefficient (Wildman–Crippen LogP) is 1.93. The fourth-order valence-corrected chi connectivity index (χ4v) is 7.63. The second kappa shape index (κ2) is 8.82. The van der Waals surface area contributed by atoms with Gasteiger partial charge >= 0.3 is 23.3 Å². The fourth-order valence-electron chi connectivity index (χ4n) is 1.60. The molecule has 0 fully saturated rings. The van der Waals surface area contributed by atoms with E-state index in [-0.39, 0.29) is 19.2 Å². The maximum Gasteiger partial charge on any atom is 0.488 e. The molecule has 0 saturated heterocycles. The fraction of sp³-hybridized carbons (Fsp3) is 0.909. The van der Waals surface area contributed by atoms with Crippen LogP contribution in [0, 0.1) is 0 Å². The lowest BCUT2D eigenvalue weighted by Crippen LogP contribution is -2.53. The Kier molecular flexibility index (Phi) is 8.70. The Morgan fingerprint density at radius 1 is 0.947 bits per heavy atom. The monoisotopic (exact) mass is 310 g/mol. The van der Waals surface area contributed by atoms with E-state index in [4.69, 9.17) is 22.1 Å². The number of ether oxygens (including phenoxy) is 1. The molecule has 8 heteroatoms. The van der Waals surface area contributed by atoms with Gasteiger partial charge < -0.3 is 22.1 Å². The molecule has 0 heterocycles. The zero-order valence-electron chi connectivity index (χ0n) is 12.8. The number of hydrogen-bond acceptors (Lipinski definition) is 6. The van der Waals surface area contributed by atoms with Crippen LogP contribution < -0.4 is 0 Å². The summed E-state index contributed by atoms with van der Waals surface area (Å²) in [5.41, 5.74) is 0. The summed E-state index contributed by atoms with van der Waals surface area (Å²) >= 11 is 0. The summed E-state index contributed by atoms with van der Waals surface area (Å²) < 4.78 is 27.7. The van der Waals surface area contributed by atoms with Gasteiger partial charge in [-0.2, -0.15) is 0 Å². The molecule has 1 atom stereocenters. The van der Waals surface area contributed by atoms with Crippen molar-refractivity contribution in [2.45, 2.75) is 40.4 Å². The lowest BCUT2D eigenvalue weighted by Gasteiger charge is -2.33. The smallest absolute Gasteiger partial charge is 0.463 e. The van der Waals surface area contributed by atoms with Crippen molar-refractivity contribution < 1.29 is 26.9 Å². The van der Waals surface area contributed by atoms with Gasteiger partial charge in [-0.25, -0.2) is 0 Å². The molecular weight excluding hydrogens is 284 g/mol. The topological polar surface area (TPSA) is 63.2 Å². The molecule has 0 saturated carbocycles. The van der Waals surface area contributed by atoms with E-state index < -0.39 is 17.4 Å². The van der Waals surface area contributed by atoms with E-state index in [9.17, 15) is 4.79 Å². The van der Waals surface area contributed by atoms with Gasteiger partial charge in [0.1, 0.15) is 6.61 Å². The van der Waals surface area contributed by atoms with Crippen LogP contribution in [0.3, 0.4) is 0 Å². The molecule has 0 N–H and O–H groups in total. The van der Waals surface area contributed by atoms with Crippen LogP contribution in [0.2, 0.25) is 19.6 Å². The van der Waals surface area contributed by atoms with Crippen molar-refractivity contribution in [2.24, 2.45) is 0 Å². The van der Waals surface area contributed by atoms with Crippen molar-refractivity contribution in [1.29, 1.82) is 0 Å². The minimum Gasteiger partial charge on any atom is -0.463 e. The molecule has 0 aromatic rings. The first kappa shape index (κ1) is 18.7. The first-order valence-corrected chi connectivity index (χ1v) is 11.5. The second-order valence-corrected chi connectivity index (χ2v) is 10.6. The quantitative estimate of drug-likeness (QED) is 0.349. The Morgan fingerprint density at radius 3 is 2.00 bits per heavy atom. The zero-order valence-corrected chi connectivity index (χ0v) is 14.8. The second-order valence-electron chi connectivity index (χ2n) is 4.42. The van der Waals surface area contributed by atoms with Gasteiger partial charge in [0.25, 0.3) is 0 Å². The predicted molar refractivity (Wildman–Crippen MR) is 76.0 cm³/mol. The molecule has 0 aromatic heterocycles. The van der Waals surface area contributed by atoms with E-state index in [0.717, 1.165) is 0 Å². The van der Waals surface area contributed by atoms with Gasteiger partial charge in [-0.3, -0.25) is 4.79 Å². The van der Waals surface area contributed by atoms with Gasteiger partial charge in [0.15, 0.2) is 0 Å². The van der Waals surface area contributed by atoms with Crippen molar-refractivity contribution in [3.05, 3.63) is 0 Å². The van der Waals surface area contributed by atoms with Gasteiger partial charge in [-0.15, -0.1) is 0 Å². The largest absolute Gasteiger partial charge is 0.488 e. The third-order valence-corrected chi connectivity index (χ3v) is 8.06. The van der Waals surface area contributed by atoms with Crippen molar-refractivity contribution in [3.63, 3.8) is 0 Å². The average molecular weight is 310 g/mol. The molecule has 6 nitrogen and oxygen atoms in total. The van der Waals surface area contributed by atoms with E-state index in [0.29, 0.717) is 13.2 Å². The summed E-state index contributed by atoms with van der Waals surface area (Å²) in [5, 5.41) is 0. The lowest BCUT2D eigenvalue weighted by molar-refractivity contribution is -0.142. The Labute approximate surface area is 117 Å². The van der Waals surface area contributed by atoms with Gasteiger partial charge in [0.05, 0.1) is 6.61 Å². The minimum absolute atomic E-state index is 0.199. The molecule has 0 bridgehead atoms. The maximum absolute atomic E-state index is 10.7. The Bertz CT molecular complexity index is 274. The van der Waals surface area contributed by atoms with Crippen LogP contribution in [0.5, 0.6) is 0 Å². The van der Waals surface area contributed by atoms with Crippen LogP contribution in [-0.4, -0.2) is 49.8 Å². The molecule has 0 aliphatic carbocycles. The van der Waals surface area contributed by atoms with Gasteiger partial charge in [-0.1, -0.05) is 0 Å². The third kappa shape index (κ3) is 9.30. The molecule has 0 radical (unpaired) electrons. The normalized spacial score (nSPS) is 15.1. The van der Waals surface area contributed by atoms with Crippen LogP contribution in [-0.2, 0) is 26.9 Å². The van der Waals surface area contributed by atoms with Crippen molar-refractivity contribution in [1.82, 2.24) is 0 Å². The third-order valence-electron chi connectivity index (χ3n) is 2.08. The summed E-state index contributed by atoms with van der Waals surface area (Å²) in [5.74, 6) is -0.326. The standard InChI is InChI=1S/C11H26O6Si2/c1-7-14-18(4,5)17-19(6,15-8-2)16-10-9-13-11(3)12/h7-10H2,1-6H3. The molecule has 0 rings (SSSR count). The number of esters is 1. The summed E-state index contributed by atoms with van der Waals surface area (Å²) in [6, 6.07) is 0. The molecule has 19 heavy (non-hydrogen) atoms. The molecule has 0 aliphatic rings. The van der Waals surface area contributed by atoms with E-state index in [2.05, 4.69) is 0 Å². The number of rotatable bonds is 10. The summed E-state index contributed by atoms with van der Waals surface area (Å²) in [7, 11) is -5.00. The highest BCUT2D eigenvalue weighted by atomic mass is 28.5. The van der Waals surface area contributed by atoms with Crippen LogP contribution in [0.25, 0.3) is 0 Å². The van der Waals surface area contributed by atoms with Crippen LogP contribution >= 0.6 is 0 Å². The lowest BCUT2D eigenvalue weighted by atomic mass is 10.7. The van der Waals surface area contributed by atoms with E-state index in [1.807, 2.05) is 33.5 Å². The highest BCUT2D eigenvalue weighted by Gasteiger charge is 2.42. The Morgan fingerprint density at radius 2 is 1.53 bits per heavy atom. The molecule has 0 aromatic carbocycles. The highest BCUT2D eigenvalue weighted by molar-refractivity contribution is 6.76. The van der Waals surface area contributed by atoms with Crippen LogP contribution in [0.1, 0.15) is 20.8 Å². The van der Waals surface area contributed by atoms with E-state index in [1.54, 1.807) is 0 Å². The highest BCUT2D eigenvalue weighted by Crippen LogP contribution is 2.18. The molecule has 0 spiro atoms. The average Bonchev–Trinajstić information content (AvgIpc) is 2.23. The number of hydrogen-bond donors (Lipinski definition) is 0. The zero-order chi connectivity index (χ0) is 14.9. The van der Waals surface area contributed by atoms with Gasteiger partial charge in [0, 0.05) is 26.7 Å². The molecule has 0 aliphatic heterocycles. The van der Waals surface area contributed by atoms with Crippen molar-refractivity contribution in [2.75, 3.05) is 26.4 Å². The first-order valence-electron chi connectivity index (χ1n) is 6.50. The number of carbonyl (C=O) groups is 1. The SMILES string of the molecule is CCO[Si](C)(C)O[Si](C)(OCC)OCCOC(C)=O. The van der Waals surface area contributed by atoms with Crippen molar-refractivity contribution in [3.8, 4) is 0 Å². The molecular formula is C11H26O6Si2. The van der Waals surface area contributed by atoms with Gasteiger partial charge in [0.2, 0.25) is 0 Å².